The lowest BCUT2D eigenvalue weighted by molar-refractivity contribution is 0.0760. The van der Waals surface area contributed by atoms with Crippen molar-refractivity contribution in [1.29, 1.82) is 0 Å². The van der Waals surface area contributed by atoms with Crippen LogP contribution in [0.3, 0.4) is 0 Å². The lowest BCUT2D eigenvalue weighted by Gasteiger charge is -2.18. The molecule has 2 heterocycles. The molecule has 1 aromatic heterocycles. The number of benzene rings is 1. The van der Waals surface area contributed by atoms with E-state index in [1.165, 1.54) is 0 Å². The van der Waals surface area contributed by atoms with Crippen LogP contribution in [0.1, 0.15) is 21.7 Å². The van der Waals surface area contributed by atoms with Gasteiger partial charge >= 0.3 is 0 Å². The highest BCUT2D eigenvalue weighted by Gasteiger charge is 2.35. The van der Waals surface area contributed by atoms with E-state index < -0.39 is 6.10 Å². The number of amides is 1. The van der Waals surface area contributed by atoms with Crippen LogP contribution in [0.2, 0.25) is 0 Å². The average molecular weight is 341 g/mol. The zero-order valence-corrected chi connectivity index (χ0v) is 14.3. The maximum absolute atomic E-state index is 12.9. The molecule has 1 aliphatic heterocycles. The number of hydrogen-bond donors (Lipinski definition) is 2. The first-order valence-corrected chi connectivity index (χ1v) is 8.39. The molecule has 0 bridgehead atoms. The minimum absolute atomic E-state index is 0.0205. The lowest BCUT2D eigenvalue weighted by atomic mass is 10.0. The molecule has 2 atom stereocenters. The molecule has 0 aliphatic carbocycles. The SMILES string of the molecule is C=CCOc1ccccc1C(=O)N1C[C@@H](Cc2cc(C)[nH]n2)[C@@H](O)C1. The van der Waals surface area contributed by atoms with Crippen LogP contribution >= 0.6 is 0 Å². The van der Waals surface area contributed by atoms with Gasteiger partial charge in [0.05, 0.1) is 17.4 Å². The summed E-state index contributed by atoms with van der Waals surface area (Å²) >= 11 is 0. The number of nitrogens with one attached hydrogen (secondary N) is 1. The van der Waals surface area contributed by atoms with Gasteiger partial charge in [0, 0.05) is 24.7 Å². The van der Waals surface area contributed by atoms with Crippen molar-refractivity contribution in [1.82, 2.24) is 15.1 Å². The number of ether oxygens (including phenoxy) is 1. The van der Waals surface area contributed by atoms with E-state index in [4.69, 9.17) is 4.74 Å². The normalized spacial score (nSPS) is 19.8. The third kappa shape index (κ3) is 3.91. The molecule has 1 aliphatic rings. The van der Waals surface area contributed by atoms with E-state index in [2.05, 4.69) is 16.8 Å². The summed E-state index contributed by atoms with van der Waals surface area (Å²) in [6, 6.07) is 9.13. The maximum atomic E-state index is 12.9. The first kappa shape index (κ1) is 17.2. The molecular formula is C19H23N3O3. The number of aliphatic hydroxyl groups excluding tert-OH is 1. The van der Waals surface area contributed by atoms with Crippen LogP contribution in [0.25, 0.3) is 0 Å². The van der Waals surface area contributed by atoms with Crippen molar-refractivity contribution in [3.05, 3.63) is 59.9 Å². The van der Waals surface area contributed by atoms with E-state index >= 15 is 0 Å². The molecule has 1 saturated heterocycles. The topological polar surface area (TPSA) is 78.5 Å². The van der Waals surface area contributed by atoms with Gasteiger partial charge in [0.2, 0.25) is 0 Å². The van der Waals surface area contributed by atoms with Crippen molar-refractivity contribution in [2.75, 3.05) is 19.7 Å². The molecular weight excluding hydrogens is 318 g/mol. The van der Waals surface area contributed by atoms with Crippen molar-refractivity contribution >= 4 is 5.91 Å². The lowest BCUT2D eigenvalue weighted by Crippen LogP contribution is -2.30. The van der Waals surface area contributed by atoms with E-state index in [0.717, 1.165) is 11.4 Å². The third-order valence-corrected chi connectivity index (χ3v) is 4.40. The fraction of sp³-hybridized carbons (Fsp3) is 0.368. The number of nitrogens with zero attached hydrogens (tertiary/aromatic N) is 2. The monoisotopic (exact) mass is 341 g/mol. The van der Waals surface area contributed by atoms with Gasteiger partial charge in [-0.05, 0) is 31.5 Å². The highest BCUT2D eigenvalue weighted by atomic mass is 16.5. The number of aromatic amines is 1. The van der Waals surface area contributed by atoms with E-state index in [1.807, 2.05) is 25.1 Å². The number of aromatic nitrogens is 2. The highest BCUT2D eigenvalue weighted by Crippen LogP contribution is 2.26. The molecule has 1 aromatic carbocycles. The summed E-state index contributed by atoms with van der Waals surface area (Å²) < 4.78 is 5.58. The Hall–Kier alpha value is -2.60. The molecule has 3 rings (SSSR count). The second-order valence-corrected chi connectivity index (χ2v) is 6.38. The number of para-hydroxylation sites is 1. The zero-order chi connectivity index (χ0) is 17.8. The number of aryl methyl sites for hydroxylation is 1. The summed E-state index contributed by atoms with van der Waals surface area (Å²) in [5, 5.41) is 17.5. The third-order valence-electron chi connectivity index (χ3n) is 4.40. The number of hydrogen-bond acceptors (Lipinski definition) is 4. The second-order valence-electron chi connectivity index (χ2n) is 6.38. The Bertz CT molecular complexity index is 756. The van der Waals surface area contributed by atoms with Gasteiger partial charge in [-0.25, -0.2) is 0 Å². The Labute approximate surface area is 147 Å². The molecule has 25 heavy (non-hydrogen) atoms. The smallest absolute Gasteiger partial charge is 0.257 e. The van der Waals surface area contributed by atoms with Crippen molar-refractivity contribution in [3.8, 4) is 5.75 Å². The molecule has 0 spiro atoms. The second kappa shape index (κ2) is 7.53. The van der Waals surface area contributed by atoms with E-state index in [0.29, 0.717) is 37.4 Å². The Kier molecular flexibility index (Phi) is 5.19. The van der Waals surface area contributed by atoms with Crippen LogP contribution in [0.4, 0.5) is 0 Å². The Morgan fingerprint density at radius 3 is 3.00 bits per heavy atom. The van der Waals surface area contributed by atoms with Crippen LogP contribution in [-0.4, -0.2) is 51.9 Å². The molecule has 0 saturated carbocycles. The summed E-state index contributed by atoms with van der Waals surface area (Å²) in [4.78, 5) is 14.6. The summed E-state index contributed by atoms with van der Waals surface area (Å²) in [7, 11) is 0. The first-order chi connectivity index (χ1) is 12.1. The highest BCUT2D eigenvalue weighted by molar-refractivity contribution is 5.97. The van der Waals surface area contributed by atoms with Gasteiger partial charge < -0.3 is 14.7 Å². The van der Waals surface area contributed by atoms with Crippen LogP contribution in [0.5, 0.6) is 5.75 Å². The number of carbonyl (C=O) groups excluding carboxylic acids is 1. The Balaban J connectivity index is 1.70. The summed E-state index contributed by atoms with van der Waals surface area (Å²) in [5.74, 6) is 0.389. The maximum Gasteiger partial charge on any atom is 0.257 e. The van der Waals surface area contributed by atoms with E-state index in [9.17, 15) is 9.90 Å². The van der Waals surface area contributed by atoms with Gasteiger partial charge in [-0.2, -0.15) is 5.10 Å². The number of β-amino-alcohol motifs (C(OH)–C–C–N with tert-alkyl or cyclic N) is 1. The van der Waals surface area contributed by atoms with Crippen molar-refractivity contribution < 1.29 is 14.6 Å². The number of likely N-dealkylation sites (tertiary alicyclic amines) is 1. The molecule has 132 valence electrons. The van der Waals surface area contributed by atoms with Gasteiger partial charge in [-0.15, -0.1) is 0 Å². The molecule has 1 amide bonds. The molecule has 0 radical (unpaired) electrons. The van der Waals surface area contributed by atoms with Crippen LogP contribution in [0.15, 0.2) is 43.0 Å². The van der Waals surface area contributed by atoms with Gasteiger partial charge in [0.1, 0.15) is 12.4 Å². The Morgan fingerprint density at radius 2 is 2.28 bits per heavy atom. The molecule has 6 nitrogen and oxygen atoms in total. The predicted octanol–water partition coefficient (Wildman–Crippen LogP) is 1.96. The van der Waals surface area contributed by atoms with E-state index in [1.54, 1.807) is 23.1 Å². The van der Waals surface area contributed by atoms with E-state index in [-0.39, 0.29) is 11.8 Å². The molecule has 1 fully saturated rings. The average Bonchev–Trinajstić information content (AvgIpc) is 3.19. The number of rotatable bonds is 6. The van der Waals surface area contributed by atoms with Gasteiger partial charge in [-0.3, -0.25) is 9.89 Å². The van der Waals surface area contributed by atoms with Crippen LogP contribution < -0.4 is 4.74 Å². The molecule has 6 heteroatoms. The fourth-order valence-corrected chi connectivity index (χ4v) is 3.16. The van der Waals surface area contributed by atoms with Gasteiger partial charge in [-0.1, -0.05) is 24.8 Å². The van der Waals surface area contributed by atoms with Crippen molar-refractivity contribution in [3.63, 3.8) is 0 Å². The predicted molar refractivity (Wildman–Crippen MR) is 94.6 cm³/mol. The summed E-state index contributed by atoms with van der Waals surface area (Å²) in [6.45, 7) is 6.73. The van der Waals surface area contributed by atoms with Crippen LogP contribution in [-0.2, 0) is 6.42 Å². The first-order valence-electron chi connectivity index (χ1n) is 8.39. The number of H-pyrrole nitrogens is 1. The van der Waals surface area contributed by atoms with Gasteiger partial charge in [0.15, 0.2) is 0 Å². The summed E-state index contributed by atoms with van der Waals surface area (Å²) in [5.41, 5.74) is 2.40. The molecule has 2 aromatic rings. The van der Waals surface area contributed by atoms with Gasteiger partial charge in [0.25, 0.3) is 5.91 Å². The zero-order valence-electron chi connectivity index (χ0n) is 14.3. The largest absolute Gasteiger partial charge is 0.489 e. The minimum Gasteiger partial charge on any atom is -0.489 e. The van der Waals surface area contributed by atoms with Crippen molar-refractivity contribution in [2.45, 2.75) is 19.4 Å². The number of carbonyl (C=O) groups is 1. The minimum atomic E-state index is -0.554. The standard InChI is InChI=1S/C19H23N3O3/c1-3-8-25-18-7-5-4-6-16(18)19(24)22-11-14(17(23)12-22)10-15-9-13(2)20-21-15/h3-7,9,14,17,23H,1,8,10-12H2,2H3,(H,20,21)/t14-,17+/m1/s1. The molecule has 0 unspecified atom stereocenters. The fourth-order valence-electron chi connectivity index (χ4n) is 3.16. The number of aliphatic hydroxyl groups is 1. The summed E-state index contributed by atoms with van der Waals surface area (Å²) in [6.07, 6.45) is 1.73. The quantitative estimate of drug-likeness (QED) is 0.787. The Morgan fingerprint density at radius 1 is 1.48 bits per heavy atom. The van der Waals surface area contributed by atoms with Crippen LogP contribution in [0, 0.1) is 12.8 Å². The van der Waals surface area contributed by atoms with Crippen molar-refractivity contribution in [2.24, 2.45) is 5.92 Å². The molecule has 2 N–H and O–H groups in total.